The topological polar surface area (TPSA) is 89.8 Å². The standard InChI is InChI=1S/C17H15N5O2/c1-22-16(24)10-14(12-5-8-18-9-6-12)21-17(22)20-11-15(23)13-4-2-3-7-19-13/h2-10H,11H2,1H3,(H,20,21). The number of aromatic nitrogens is 4. The van der Waals surface area contributed by atoms with Crippen LogP contribution in [-0.2, 0) is 7.05 Å². The molecule has 0 atom stereocenters. The minimum Gasteiger partial charge on any atom is -0.348 e. The van der Waals surface area contributed by atoms with Crippen molar-refractivity contribution in [2.45, 2.75) is 0 Å². The Bertz CT molecular complexity index is 907. The maximum absolute atomic E-state index is 12.1. The van der Waals surface area contributed by atoms with Gasteiger partial charge in [0, 0.05) is 37.3 Å². The first-order valence-corrected chi connectivity index (χ1v) is 7.32. The molecule has 24 heavy (non-hydrogen) atoms. The van der Waals surface area contributed by atoms with Gasteiger partial charge in [-0.05, 0) is 24.3 Å². The predicted octanol–water partition coefficient (Wildman–Crippen LogP) is 1.53. The van der Waals surface area contributed by atoms with Gasteiger partial charge in [-0.3, -0.25) is 24.1 Å². The van der Waals surface area contributed by atoms with E-state index in [4.69, 9.17) is 0 Å². The summed E-state index contributed by atoms with van der Waals surface area (Å²) in [5, 5.41) is 2.91. The van der Waals surface area contributed by atoms with E-state index in [-0.39, 0.29) is 17.9 Å². The predicted molar refractivity (Wildman–Crippen MR) is 89.8 cm³/mol. The van der Waals surface area contributed by atoms with Crippen LogP contribution < -0.4 is 10.9 Å². The Kier molecular flexibility index (Phi) is 4.42. The molecule has 0 unspecified atom stereocenters. The van der Waals surface area contributed by atoms with Crippen molar-refractivity contribution < 1.29 is 4.79 Å². The van der Waals surface area contributed by atoms with Crippen molar-refractivity contribution in [3.05, 3.63) is 71.0 Å². The van der Waals surface area contributed by atoms with Crippen LogP contribution in [0.1, 0.15) is 10.5 Å². The molecular formula is C17H15N5O2. The zero-order valence-corrected chi connectivity index (χ0v) is 13.0. The number of nitrogens with one attached hydrogen (secondary N) is 1. The number of pyridine rings is 2. The highest BCUT2D eigenvalue weighted by Gasteiger charge is 2.11. The molecule has 0 bridgehead atoms. The highest BCUT2D eigenvalue weighted by atomic mass is 16.1. The van der Waals surface area contributed by atoms with Gasteiger partial charge in [0.25, 0.3) is 5.56 Å². The number of Topliss-reactive ketones (excluding diaryl/α,β-unsaturated/α-hetero) is 1. The molecule has 3 rings (SSSR count). The van der Waals surface area contributed by atoms with E-state index in [2.05, 4.69) is 20.3 Å². The molecule has 0 amide bonds. The quantitative estimate of drug-likeness (QED) is 0.717. The molecule has 3 heterocycles. The van der Waals surface area contributed by atoms with Crippen LogP contribution in [0.5, 0.6) is 0 Å². The van der Waals surface area contributed by atoms with Crippen LogP contribution in [0.3, 0.4) is 0 Å². The maximum Gasteiger partial charge on any atom is 0.255 e. The highest BCUT2D eigenvalue weighted by Crippen LogP contribution is 2.15. The number of carbonyl (C=O) groups is 1. The van der Waals surface area contributed by atoms with Gasteiger partial charge < -0.3 is 5.32 Å². The number of nitrogens with zero attached hydrogens (tertiary/aromatic N) is 4. The lowest BCUT2D eigenvalue weighted by Crippen LogP contribution is -2.24. The Morgan fingerprint density at radius 1 is 1.17 bits per heavy atom. The van der Waals surface area contributed by atoms with Gasteiger partial charge in [0.15, 0.2) is 5.78 Å². The van der Waals surface area contributed by atoms with Crippen LogP contribution in [0.4, 0.5) is 5.95 Å². The molecule has 0 aliphatic heterocycles. The SMILES string of the molecule is Cn1c(NCC(=O)c2ccccn2)nc(-c2ccncc2)cc1=O. The monoisotopic (exact) mass is 321 g/mol. The number of carbonyl (C=O) groups excluding carboxylic acids is 1. The third-order valence-electron chi connectivity index (χ3n) is 3.47. The van der Waals surface area contributed by atoms with Gasteiger partial charge in [-0.15, -0.1) is 0 Å². The third-order valence-corrected chi connectivity index (χ3v) is 3.47. The molecule has 0 saturated carbocycles. The lowest BCUT2D eigenvalue weighted by molar-refractivity contribution is 0.100. The molecule has 3 aromatic heterocycles. The number of hydrogen-bond donors (Lipinski definition) is 1. The van der Waals surface area contributed by atoms with E-state index in [1.807, 2.05) is 0 Å². The maximum atomic E-state index is 12.1. The van der Waals surface area contributed by atoms with Crippen LogP contribution in [0.25, 0.3) is 11.3 Å². The minimum atomic E-state index is -0.218. The van der Waals surface area contributed by atoms with Crippen molar-refractivity contribution in [3.63, 3.8) is 0 Å². The second-order valence-electron chi connectivity index (χ2n) is 5.09. The van der Waals surface area contributed by atoms with E-state index in [0.29, 0.717) is 17.3 Å². The van der Waals surface area contributed by atoms with Crippen LogP contribution in [0, 0.1) is 0 Å². The van der Waals surface area contributed by atoms with E-state index in [1.165, 1.54) is 10.6 Å². The fraction of sp³-hybridized carbons (Fsp3) is 0.118. The molecule has 0 aromatic carbocycles. The summed E-state index contributed by atoms with van der Waals surface area (Å²) in [7, 11) is 1.60. The highest BCUT2D eigenvalue weighted by molar-refractivity contribution is 5.97. The van der Waals surface area contributed by atoms with Crippen LogP contribution in [0.15, 0.2) is 59.8 Å². The van der Waals surface area contributed by atoms with Crippen LogP contribution >= 0.6 is 0 Å². The van der Waals surface area contributed by atoms with Crippen molar-refractivity contribution >= 4 is 11.7 Å². The number of hydrogen-bond acceptors (Lipinski definition) is 6. The Morgan fingerprint density at radius 3 is 2.67 bits per heavy atom. The Balaban J connectivity index is 1.84. The van der Waals surface area contributed by atoms with E-state index in [1.54, 1.807) is 56.0 Å². The Morgan fingerprint density at radius 2 is 1.96 bits per heavy atom. The largest absolute Gasteiger partial charge is 0.348 e. The van der Waals surface area contributed by atoms with E-state index in [0.717, 1.165) is 5.56 Å². The van der Waals surface area contributed by atoms with Gasteiger partial charge in [0.2, 0.25) is 5.95 Å². The number of anilines is 1. The zero-order valence-electron chi connectivity index (χ0n) is 13.0. The average molecular weight is 321 g/mol. The zero-order chi connectivity index (χ0) is 16.9. The average Bonchev–Trinajstić information content (AvgIpc) is 2.64. The summed E-state index contributed by atoms with van der Waals surface area (Å²) in [6.45, 7) is -0.00289. The Hall–Kier alpha value is -3.35. The normalized spacial score (nSPS) is 10.4. The molecule has 0 aliphatic rings. The Labute approximate surface area is 138 Å². The van der Waals surface area contributed by atoms with Gasteiger partial charge in [0.1, 0.15) is 5.69 Å². The lowest BCUT2D eigenvalue weighted by Gasteiger charge is -2.11. The van der Waals surface area contributed by atoms with Gasteiger partial charge in [-0.2, -0.15) is 0 Å². The summed E-state index contributed by atoms with van der Waals surface area (Å²) >= 11 is 0. The van der Waals surface area contributed by atoms with Crippen molar-refractivity contribution in [1.29, 1.82) is 0 Å². The van der Waals surface area contributed by atoms with E-state index < -0.39 is 0 Å². The molecular weight excluding hydrogens is 306 g/mol. The second-order valence-corrected chi connectivity index (χ2v) is 5.09. The fourth-order valence-corrected chi connectivity index (χ4v) is 2.15. The summed E-state index contributed by atoms with van der Waals surface area (Å²) in [6.07, 6.45) is 4.82. The van der Waals surface area contributed by atoms with Crippen molar-refractivity contribution in [2.24, 2.45) is 7.05 Å². The number of rotatable bonds is 5. The minimum absolute atomic E-state index is 0.00289. The first-order chi connectivity index (χ1) is 11.6. The van der Waals surface area contributed by atoms with Crippen LogP contribution in [-0.4, -0.2) is 31.8 Å². The number of ketones is 1. The first kappa shape index (κ1) is 15.5. The third kappa shape index (κ3) is 3.35. The molecule has 3 aromatic rings. The molecule has 0 spiro atoms. The van der Waals surface area contributed by atoms with Gasteiger partial charge in [0.05, 0.1) is 12.2 Å². The van der Waals surface area contributed by atoms with Crippen molar-refractivity contribution in [3.8, 4) is 11.3 Å². The van der Waals surface area contributed by atoms with Crippen LogP contribution in [0.2, 0.25) is 0 Å². The molecule has 1 N–H and O–H groups in total. The van der Waals surface area contributed by atoms with Gasteiger partial charge in [-0.25, -0.2) is 4.98 Å². The van der Waals surface area contributed by atoms with Gasteiger partial charge >= 0.3 is 0 Å². The lowest BCUT2D eigenvalue weighted by atomic mass is 10.2. The van der Waals surface area contributed by atoms with Gasteiger partial charge in [-0.1, -0.05) is 6.07 Å². The first-order valence-electron chi connectivity index (χ1n) is 7.32. The summed E-state index contributed by atoms with van der Waals surface area (Å²) in [6, 6.07) is 10.1. The summed E-state index contributed by atoms with van der Waals surface area (Å²) < 4.78 is 1.36. The van der Waals surface area contributed by atoms with E-state index in [9.17, 15) is 9.59 Å². The molecule has 7 heteroatoms. The van der Waals surface area contributed by atoms with E-state index >= 15 is 0 Å². The summed E-state index contributed by atoms with van der Waals surface area (Å²) in [5.74, 6) is 0.137. The molecule has 0 radical (unpaired) electrons. The molecule has 0 aliphatic carbocycles. The fourth-order valence-electron chi connectivity index (χ4n) is 2.15. The van der Waals surface area contributed by atoms with Crippen molar-refractivity contribution in [2.75, 3.05) is 11.9 Å². The smallest absolute Gasteiger partial charge is 0.255 e. The molecule has 7 nitrogen and oxygen atoms in total. The molecule has 0 fully saturated rings. The summed E-state index contributed by atoms with van der Waals surface area (Å²) in [4.78, 5) is 36.6. The second kappa shape index (κ2) is 6.82. The van der Waals surface area contributed by atoms with Crippen molar-refractivity contribution in [1.82, 2.24) is 19.5 Å². The summed E-state index contributed by atoms with van der Waals surface area (Å²) in [5.41, 5.74) is 1.44. The molecule has 120 valence electrons. The molecule has 0 saturated heterocycles.